The van der Waals surface area contributed by atoms with Crippen molar-refractivity contribution in [3.8, 4) is 33.4 Å². The standard InChI is InChI=1S/C29H20F2/c1-19-5-14-29-22(15-19)3-2-4-28(29)25-17-23(20-6-10-26(30)11-7-20)16-24(18-25)21-8-12-27(31)13-9-21/h2-18H,1H3. The number of fused-ring (bicyclic) bond motifs is 1. The average molecular weight is 406 g/mol. The SMILES string of the molecule is Cc1ccc2c(-c3cc(-c4ccc(F)cc4)cc(-c4ccc(F)cc4)c3)cccc2c1. The van der Waals surface area contributed by atoms with Gasteiger partial charge >= 0.3 is 0 Å². The molecule has 0 bridgehead atoms. The van der Waals surface area contributed by atoms with Crippen LogP contribution in [-0.2, 0) is 0 Å². The van der Waals surface area contributed by atoms with Crippen LogP contribution in [0.2, 0.25) is 0 Å². The first-order valence-electron chi connectivity index (χ1n) is 10.2. The lowest BCUT2D eigenvalue weighted by molar-refractivity contribution is 0.627. The number of hydrogen-bond acceptors (Lipinski definition) is 0. The number of rotatable bonds is 3. The van der Waals surface area contributed by atoms with Crippen LogP contribution in [0.3, 0.4) is 0 Å². The Balaban J connectivity index is 1.75. The molecule has 0 aromatic heterocycles. The van der Waals surface area contributed by atoms with E-state index in [0.717, 1.165) is 33.4 Å². The van der Waals surface area contributed by atoms with Gasteiger partial charge in [-0.3, -0.25) is 0 Å². The maximum Gasteiger partial charge on any atom is 0.123 e. The van der Waals surface area contributed by atoms with Gasteiger partial charge in [-0.25, -0.2) is 8.78 Å². The highest BCUT2D eigenvalue weighted by Gasteiger charge is 2.10. The average Bonchev–Trinajstić information content (AvgIpc) is 2.79. The molecular formula is C29H20F2. The molecule has 0 heterocycles. The van der Waals surface area contributed by atoms with E-state index in [4.69, 9.17) is 0 Å². The smallest absolute Gasteiger partial charge is 0.123 e. The third-order valence-corrected chi connectivity index (χ3v) is 5.64. The predicted octanol–water partition coefficient (Wildman–Crippen LogP) is 8.43. The fourth-order valence-corrected chi connectivity index (χ4v) is 4.06. The van der Waals surface area contributed by atoms with Gasteiger partial charge in [0.2, 0.25) is 0 Å². The van der Waals surface area contributed by atoms with Crippen molar-refractivity contribution in [1.29, 1.82) is 0 Å². The summed E-state index contributed by atoms with van der Waals surface area (Å²) in [6.07, 6.45) is 0. The zero-order chi connectivity index (χ0) is 21.4. The van der Waals surface area contributed by atoms with Crippen LogP contribution in [-0.4, -0.2) is 0 Å². The summed E-state index contributed by atoms with van der Waals surface area (Å²) in [6.45, 7) is 2.09. The number of halogens is 2. The van der Waals surface area contributed by atoms with Gasteiger partial charge in [-0.15, -0.1) is 0 Å². The summed E-state index contributed by atoms with van der Waals surface area (Å²) in [5.41, 5.74) is 7.25. The lowest BCUT2D eigenvalue weighted by Gasteiger charge is -2.13. The number of hydrogen-bond donors (Lipinski definition) is 0. The van der Waals surface area contributed by atoms with Gasteiger partial charge in [-0.2, -0.15) is 0 Å². The first-order valence-corrected chi connectivity index (χ1v) is 10.2. The molecular weight excluding hydrogens is 386 g/mol. The van der Waals surface area contributed by atoms with E-state index in [2.05, 4.69) is 61.5 Å². The molecule has 0 fully saturated rings. The molecule has 5 rings (SSSR count). The van der Waals surface area contributed by atoms with Gasteiger partial charge < -0.3 is 0 Å². The Morgan fingerprint density at radius 1 is 0.484 bits per heavy atom. The van der Waals surface area contributed by atoms with Gasteiger partial charge in [0, 0.05) is 0 Å². The Morgan fingerprint density at radius 2 is 1.03 bits per heavy atom. The van der Waals surface area contributed by atoms with E-state index >= 15 is 0 Å². The third-order valence-electron chi connectivity index (χ3n) is 5.64. The minimum Gasteiger partial charge on any atom is -0.207 e. The minimum atomic E-state index is -0.261. The zero-order valence-electron chi connectivity index (χ0n) is 17.1. The molecule has 0 amide bonds. The van der Waals surface area contributed by atoms with E-state index in [-0.39, 0.29) is 11.6 Å². The minimum absolute atomic E-state index is 0.261. The summed E-state index contributed by atoms with van der Waals surface area (Å²) in [5, 5.41) is 2.36. The third kappa shape index (κ3) is 3.85. The highest BCUT2D eigenvalue weighted by Crippen LogP contribution is 2.36. The van der Waals surface area contributed by atoms with Crippen molar-refractivity contribution in [2.24, 2.45) is 0 Å². The second-order valence-electron chi connectivity index (χ2n) is 7.84. The maximum atomic E-state index is 13.5. The topological polar surface area (TPSA) is 0 Å². The van der Waals surface area contributed by atoms with Crippen LogP contribution in [0.15, 0.2) is 103 Å². The van der Waals surface area contributed by atoms with Gasteiger partial charge in [0.1, 0.15) is 11.6 Å². The van der Waals surface area contributed by atoms with Crippen molar-refractivity contribution in [3.63, 3.8) is 0 Å². The molecule has 150 valence electrons. The van der Waals surface area contributed by atoms with E-state index in [0.29, 0.717) is 0 Å². The van der Waals surface area contributed by atoms with Crippen LogP contribution in [0.5, 0.6) is 0 Å². The van der Waals surface area contributed by atoms with Crippen molar-refractivity contribution in [1.82, 2.24) is 0 Å². The molecule has 5 aromatic rings. The van der Waals surface area contributed by atoms with Gasteiger partial charge in [0.15, 0.2) is 0 Å². The van der Waals surface area contributed by atoms with Crippen LogP contribution in [0, 0.1) is 18.6 Å². The molecule has 0 atom stereocenters. The molecule has 0 spiro atoms. The van der Waals surface area contributed by atoms with E-state index in [9.17, 15) is 8.78 Å². The van der Waals surface area contributed by atoms with E-state index in [1.807, 2.05) is 0 Å². The van der Waals surface area contributed by atoms with Crippen molar-refractivity contribution < 1.29 is 8.78 Å². The van der Waals surface area contributed by atoms with Crippen molar-refractivity contribution in [2.75, 3.05) is 0 Å². The summed E-state index contributed by atoms with van der Waals surface area (Å²) in [4.78, 5) is 0. The van der Waals surface area contributed by atoms with Gasteiger partial charge in [-0.1, -0.05) is 66.2 Å². The first kappa shape index (κ1) is 19.2. The monoisotopic (exact) mass is 406 g/mol. The fraction of sp³-hybridized carbons (Fsp3) is 0.0345. The Morgan fingerprint density at radius 3 is 1.61 bits per heavy atom. The molecule has 0 saturated heterocycles. The van der Waals surface area contributed by atoms with Crippen LogP contribution >= 0.6 is 0 Å². The van der Waals surface area contributed by atoms with E-state index < -0.39 is 0 Å². The Bertz CT molecular complexity index is 1320. The fourth-order valence-electron chi connectivity index (χ4n) is 4.06. The first-order chi connectivity index (χ1) is 15.1. The number of aryl methyl sites for hydroxylation is 1. The van der Waals surface area contributed by atoms with Crippen molar-refractivity contribution in [2.45, 2.75) is 6.92 Å². The Labute approximate surface area is 180 Å². The zero-order valence-corrected chi connectivity index (χ0v) is 17.1. The molecule has 0 radical (unpaired) electrons. The molecule has 0 unspecified atom stereocenters. The van der Waals surface area contributed by atoms with Crippen molar-refractivity contribution in [3.05, 3.63) is 120 Å². The second-order valence-corrected chi connectivity index (χ2v) is 7.84. The van der Waals surface area contributed by atoms with E-state index in [1.54, 1.807) is 24.3 Å². The Kier molecular flexibility index (Phi) is 4.83. The van der Waals surface area contributed by atoms with Crippen molar-refractivity contribution >= 4 is 10.8 Å². The molecule has 0 saturated carbocycles. The van der Waals surface area contributed by atoms with Crippen LogP contribution in [0.1, 0.15) is 5.56 Å². The van der Waals surface area contributed by atoms with Crippen LogP contribution < -0.4 is 0 Å². The van der Waals surface area contributed by atoms with Gasteiger partial charge in [-0.05, 0) is 93.5 Å². The molecule has 0 nitrogen and oxygen atoms in total. The summed E-state index contributed by atoms with van der Waals surface area (Å²) in [7, 11) is 0. The highest BCUT2D eigenvalue weighted by molar-refractivity contribution is 5.98. The lowest BCUT2D eigenvalue weighted by Crippen LogP contribution is -1.88. The van der Waals surface area contributed by atoms with E-state index in [1.165, 1.54) is 40.6 Å². The van der Waals surface area contributed by atoms with Gasteiger partial charge in [0.05, 0.1) is 0 Å². The highest BCUT2D eigenvalue weighted by atomic mass is 19.1. The lowest BCUT2D eigenvalue weighted by atomic mass is 9.91. The summed E-state index contributed by atoms with van der Waals surface area (Å²) in [5.74, 6) is -0.522. The molecule has 0 aliphatic heterocycles. The molecule has 5 aromatic carbocycles. The van der Waals surface area contributed by atoms with Gasteiger partial charge in [0.25, 0.3) is 0 Å². The second kappa shape index (κ2) is 7.81. The predicted molar refractivity (Wildman–Crippen MR) is 125 cm³/mol. The molecule has 2 heteroatoms. The Hall–Kier alpha value is -3.78. The molecule has 31 heavy (non-hydrogen) atoms. The molecule has 0 aliphatic carbocycles. The number of benzene rings is 5. The maximum absolute atomic E-state index is 13.5. The largest absolute Gasteiger partial charge is 0.207 e. The van der Waals surface area contributed by atoms with Crippen LogP contribution in [0.25, 0.3) is 44.2 Å². The molecule has 0 N–H and O–H groups in total. The molecule has 0 aliphatic rings. The quantitative estimate of drug-likeness (QED) is 0.282. The summed E-state index contributed by atoms with van der Waals surface area (Å²) in [6, 6.07) is 32.1. The normalized spacial score (nSPS) is 11.1. The van der Waals surface area contributed by atoms with Crippen LogP contribution in [0.4, 0.5) is 8.78 Å². The summed E-state index contributed by atoms with van der Waals surface area (Å²) >= 11 is 0. The summed E-state index contributed by atoms with van der Waals surface area (Å²) < 4.78 is 27.0.